The molecule has 0 radical (unpaired) electrons. The summed E-state index contributed by atoms with van der Waals surface area (Å²) in [5.41, 5.74) is 9.83. The quantitative estimate of drug-likeness (QED) is 0.831. The lowest BCUT2D eigenvalue weighted by molar-refractivity contribution is 0.869. The minimum absolute atomic E-state index is 0.0356. The highest BCUT2D eigenvalue weighted by Crippen LogP contribution is 2.22. The molecule has 1 nitrogen and oxygen atoms in total. The van der Waals surface area contributed by atoms with Crippen molar-refractivity contribution in [3.05, 3.63) is 65.2 Å². The largest absolute Gasteiger partial charge is 0.320 e. The molecule has 0 saturated heterocycles. The third kappa shape index (κ3) is 2.90. The SMILES string of the molecule is CSc1ccc(C(N)c2ccc(C)cc2)cc1. The zero-order chi connectivity index (χ0) is 12.3. The van der Waals surface area contributed by atoms with Gasteiger partial charge in [-0.25, -0.2) is 0 Å². The molecule has 0 aliphatic heterocycles. The number of hydrogen-bond acceptors (Lipinski definition) is 2. The Morgan fingerprint density at radius 2 is 1.35 bits per heavy atom. The van der Waals surface area contributed by atoms with Gasteiger partial charge in [0, 0.05) is 4.90 Å². The predicted octanol–water partition coefficient (Wildman–Crippen LogP) is 3.77. The zero-order valence-electron chi connectivity index (χ0n) is 10.2. The average molecular weight is 243 g/mol. The lowest BCUT2D eigenvalue weighted by Gasteiger charge is -2.13. The van der Waals surface area contributed by atoms with Gasteiger partial charge in [-0.05, 0) is 36.4 Å². The third-order valence-corrected chi connectivity index (χ3v) is 3.65. The number of nitrogens with two attached hydrogens (primary N) is 1. The summed E-state index contributed by atoms with van der Waals surface area (Å²) in [4.78, 5) is 1.27. The van der Waals surface area contributed by atoms with Crippen LogP contribution < -0.4 is 5.73 Å². The molecule has 17 heavy (non-hydrogen) atoms. The Bertz CT molecular complexity index is 473. The Morgan fingerprint density at radius 3 is 1.82 bits per heavy atom. The molecule has 2 heteroatoms. The molecular formula is C15H17NS. The van der Waals surface area contributed by atoms with Gasteiger partial charge in [-0.3, -0.25) is 0 Å². The van der Waals surface area contributed by atoms with Crippen molar-refractivity contribution in [1.82, 2.24) is 0 Å². The highest BCUT2D eigenvalue weighted by molar-refractivity contribution is 7.98. The Kier molecular flexibility index (Phi) is 3.87. The van der Waals surface area contributed by atoms with Gasteiger partial charge in [0.15, 0.2) is 0 Å². The van der Waals surface area contributed by atoms with E-state index in [0.717, 1.165) is 11.1 Å². The van der Waals surface area contributed by atoms with Gasteiger partial charge in [0.1, 0.15) is 0 Å². The third-order valence-electron chi connectivity index (χ3n) is 2.91. The molecule has 0 aliphatic carbocycles. The number of thioether (sulfide) groups is 1. The second-order valence-corrected chi connectivity index (χ2v) is 5.04. The molecule has 2 rings (SSSR count). The minimum Gasteiger partial charge on any atom is -0.320 e. The van der Waals surface area contributed by atoms with Crippen molar-refractivity contribution in [2.24, 2.45) is 5.73 Å². The van der Waals surface area contributed by atoms with Crippen LogP contribution in [0.25, 0.3) is 0 Å². The monoisotopic (exact) mass is 243 g/mol. The van der Waals surface area contributed by atoms with Crippen molar-refractivity contribution in [3.63, 3.8) is 0 Å². The van der Waals surface area contributed by atoms with Crippen molar-refractivity contribution in [3.8, 4) is 0 Å². The fraction of sp³-hybridized carbons (Fsp3) is 0.200. The first kappa shape index (κ1) is 12.2. The van der Waals surface area contributed by atoms with E-state index in [1.54, 1.807) is 11.8 Å². The summed E-state index contributed by atoms with van der Waals surface area (Å²) >= 11 is 1.75. The molecule has 0 bridgehead atoms. The Labute approximate surface area is 107 Å². The summed E-state index contributed by atoms with van der Waals surface area (Å²) in [7, 11) is 0. The van der Waals surface area contributed by atoms with Crippen LogP contribution in [0, 0.1) is 6.92 Å². The standard InChI is InChI=1S/C15H17NS/c1-11-3-5-12(6-4-11)15(16)13-7-9-14(17-2)10-8-13/h3-10,15H,16H2,1-2H3. The number of hydrogen-bond donors (Lipinski definition) is 1. The first-order valence-corrected chi connectivity index (χ1v) is 6.89. The van der Waals surface area contributed by atoms with Crippen LogP contribution in [0.2, 0.25) is 0 Å². The van der Waals surface area contributed by atoms with Crippen LogP contribution >= 0.6 is 11.8 Å². The van der Waals surface area contributed by atoms with E-state index < -0.39 is 0 Å². The van der Waals surface area contributed by atoms with Crippen LogP contribution in [-0.4, -0.2) is 6.26 Å². The highest BCUT2D eigenvalue weighted by Gasteiger charge is 2.08. The molecule has 0 heterocycles. The average Bonchev–Trinajstić information content (AvgIpc) is 2.39. The number of aryl methyl sites for hydroxylation is 1. The Balaban J connectivity index is 2.23. The van der Waals surface area contributed by atoms with Gasteiger partial charge < -0.3 is 5.73 Å². The summed E-state index contributed by atoms with van der Waals surface area (Å²) in [6.45, 7) is 2.09. The maximum Gasteiger partial charge on any atom is 0.0551 e. The molecule has 2 N–H and O–H groups in total. The van der Waals surface area contributed by atoms with Gasteiger partial charge in [-0.15, -0.1) is 11.8 Å². The maximum atomic E-state index is 6.25. The van der Waals surface area contributed by atoms with Gasteiger partial charge in [-0.2, -0.15) is 0 Å². The van der Waals surface area contributed by atoms with E-state index in [4.69, 9.17) is 5.73 Å². The molecule has 1 atom stereocenters. The van der Waals surface area contributed by atoms with E-state index in [-0.39, 0.29) is 6.04 Å². The summed E-state index contributed by atoms with van der Waals surface area (Å²) in [5.74, 6) is 0. The van der Waals surface area contributed by atoms with E-state index >= 15 is 0 Å². The molecule has 2 aromatic rings. The highest BCUT2D eigenvalue weighted by atomic mass is 32.2. The summed E-state index contributed by atoms with van der Waals surface area (Å²) in [6, 6.07) is 16.8. The van der Waals surface area contributed by atoms with Crippen molar-refractivity contribution < 1.29 is 0 Å². The molecule has 88 valence electrons. The Morgan fingerprint density at radius 1 is 0.882 bits per heavy atom. The lowest BCUT2D eigenvalue weighted by Crippen LogP contribution is -2.11. The molecule has 2 aromatic carbocycles. The first-order chi connectivity index (χ1) is 8.20. The molecule has 0 fully saturated rings. The van der Waals surface area contributed by atoms with Crippen LogP contribution in [0.3, 0.4) is 0 Å². The van der Waals surface area contributed by atoms with Crippen molar-refractivity contribution in [2.45, 2.75) is 17.9 Å². The van der Waals surface area contributed by atoms with Crippen LogP contribution in [0.15, 0.2) is 53.4 Å². The second kappa shape index (κ2) is 5.39. The predicted molar refractivity (Wildman–Crippen MR) is 75.4 cm³/mol. The second-order valence-electron chi connectivity index (χ2n) is 4.16. The lowest BCUT2D eigenvalue weighted by atomic mass is 9.99. The van der Waals surface area contributed by atoms with E-state index in [9.17, 15) is 0 Å². The maximum absolute atomic E-state index is 6.25. The summed E-state index contributed by atoms with van der Waals surface area (Å²) in [5, 5.41) is 0. The molecule has 1 unspecified atom stereocenters. The number of benzene rings is 2. The van der Waals surface area contributed by atoms with Crippen molar-refractivity contribution in [1.29, 1.82) is 0 Å². The topological polar surface area (TPSA) is 26.0 Å². The fourth-order valence-corrected chi connectivity index (χ4v) is 2.19. The van der Waals surface area contributed by atoms with E-state index in [1.807, 2.05) is 0 Å². The molecule has 0 aliphatic rings. The minimum atomic E-state index is -0.0356. The van der Waals surface area contributed by atoms with Crippen LogP contribution in [0.1, 0.15) is 22.7 Å². The van der Waals surface area contributed by atoms with Crippen molar-refractivity contribution in [2.75, 3.05) is 6.26 Å². The first-order valence-electron chi connectivity index (χ1n) is 5.67. The fourth-order valence-electron chi connectivity index (χ4n) is 1.78. The van der Waals surface area contributed by atoms with Crippen LogP contribution in [0.4, 0.5) is 0 Å². The van der Waals surface area contributed by atoms with Crippen LogP contribution in [-0.2, 0) is 0 Å². The Hall–Kier alpha value is -1.25. The van der Waals surface area contributed by atoms with E-state index in [2.05, 4.69) is 61.7 Å². The molecule has 0 amide bonds. The normalized spacial score (nSPS) is 12.4. The van der Waals surface area contributed by atoms with E-state index in [0.29, 0.717) is 0 Å². The van der Waals surface area contributed by atoms with Crippen LogP contribution in [0.5, 0.6) is 0 Å². The smallest absolute Gasteiger partial charge is 0.0551 e. The zero-order valence-corrected chi connectivity index (χ0v) is 11.0. The van der Waals surface area contributed by atoms with E-state index in [1.165, 1.54) is 10.5 Å². The molecule has 0 spiro atoms. The van der Waals surface area contributed by atoms with Gasteiger partial charge in [-0.1, -0.05) is 42.0 Å². The summed E-state index contributed by atoms with van der Waals surface area (Å²) < 4.78 is 0. The van der Waals surface area contributed by atoms with Gasteiger partial charge in [0.25, 0.3) is 0 Å². The van der Waals surface area contributed by atoms with Gasteiger partial charge in [0.05, 0.1) is 6.04 Å². The van der Waals surface area contributed by atoms with Crippen molar-refractivity contribution >= 4 is 11.8 Å². The van der Waals surface area contributed by atoms with Gasteiger partial charge in [0.2, 0.25) is 0 Å². The van der Waals surface area contributed by atoms with Gasteiger partial charge >= 0.3 is 0 Å². The molecule has 0 aromatic heterocycles. The summed E-state index contributed by atoms with van der Waals surface area (Å²) in [6.07, 6.45) is 2.08. The number of rotatable bonds is 3. The molecular weight excluding hydrogens is 226 g/mol. The molecule has 0 saturated carbocycles.